The van der Waals surface area contributed by atoms with Gasteiger partial charge in [0.15, 0.2) is 0 Å². The molecule has 1 aromatic rings. The van der Waals surface area contributed by atoms with Crippen molar-refractivity contribution in [3.63, 3.8) is 0 Å². The molecule has 0 amide bonds. The van der Waals surface area contributed by atoms with Crippen LogP contribution in [0.25, 0.3) is 0 Å². The van der Waals surface area contributed by atoms with Crippen LogP contribution in [0.2, 0.25) is 0 Å². The second-order valence-electron chi connectivity index (χ2n) is 4.38. The molecule has 0 aromatic heterocycles. The van der Waals surface area contributed by atoms with Crippen molar-refractivity contribution in [1.82, 2.24) is 4.90 Å². The van der Waals surface area contributed by atoms with E-state index in [1.54, 1.807) is 6.07 Å². The van der Waals surface area contributed by atoms with Gasteiger partial charge in [-0.1, -0.05) is 15.9 Å². The number of anilines is 1. The minimum Gasteiger partial charge on any atom is -0.506 e. The van der Waals surface area contributed by atoms with Crippen molar-refractivity contribution in [2.75, 3.05) is 38.1 Å². The molecule has 16 heavy (non-hydrogen) atoms. The smallest absolute Gasteiger partial charge is 0.140 e. The van der Waals surface area contributed by atoms with Crippen LogP contribution in [0.4, 0.5) is 5.69 Å². The first kappa shape index (κ1) is 11.7. The standard InChI is InChI=1S/C12H17BrN2O/c1-9-7-10(13)8-11(16)12(9)15-5-3-14(2)4-6-15/h7-8,16H,3-6H2,1-2H3. The van der Waals surface area contributed by atoms with Gasteiger partial charge < -0.3 is 14.9 Å². The van der Waals surface area contributed by atoms with E-state index in [1.807, 2.05) is 13.0 Å². The molecule has 0 atom stereocenters. The molecule has 0 saturated carbocycles. The van der Waals surface area contributed by atoms with Crippen molar-refractivity contribution in [1.29, 1.82) is 0 Å². The van der Waals surface area contributed by atoms with Crippen molar-refractivity contribution >= 4 is 21.6 Å². The second-order valence-corrected chi connectivity index (χ2v) is 5.30. The van der Waals surface area contributed by atoms with Crippen LogP contribution in [-0.4, -0.2) is 43.2 Å². The van der Waals surface area contributed by atoms with Gasteiger partial charge in [0.05, 0.1) is 5.69 Å². The highest BCUT2D eigenvalue weighted by Crippen LogP contribution is 2.34. The molecule has 0 aliphatic carbocycles. The Morgan fingerprint density at radius 1 is 1.19 bits per heavy atom. The van der Waals surface area contributed by atoms with Crippen LogP contribution >= 0.6 is 15.9 Å². The van der Waals surface area contributed by atoms with E-state index < -0.39 is 0 Å². The first-order valence-electron chi connectivity index (χ1n) is 5.50. The highest BCUT2D eigenvalue weighted by molar-refractivity contribution is 9.10. The summed E-state index contributed by atoms with van der Waals surface area (Å²) in [6.45, 7) is 6.10. The lowest BCUT2D eigenvalue weighted by Gasteiger charge is -2.35. The number of phenolic OH excluding ortho intramolecular Hbond substituents is 1. The summed E-state index contributed by atoms with van der Waals surface area (Å²) in [6, 6.07) is 3.81. The minimum absolute atomic E-state index is 0.372. The zero-order valence-corrected chi connectivity index (χ0v) is 11.3. The quantitative estimate of drug-likeness (QED) is 0.857. The maximum Gasteiger partial charge on any atom is 0.140 e. The molecule has 0 radical (unpaired) electrons. The third-order valence-corrected chi connectivity index (χ3v) is 3.52. The molecular weight excluding hydrogens is 268 g/mol. The van der Waals surface area contributed by atoms with Crippen molar-refractivity contribution in [2.24, 2.45) is 0 Å². The van der Waals surface area contributed by atoms with Gasteiger partial charge in [-0.3, -0.25) is 0 Å². The van der Waals surface area contributed by atoms with Gasteiger partial charge in [-0.15, -0.1) is 0 Å². The number of nitrogens with zero attached hydrogens (tertiary/aromatic N) is 2. The number of halogens is 1. The van der Waals surface area contributed by atoms with E-state index in [4.69, 9.17) is 0 Å². The van der Waals surface area contributed by atoms with Crippen molar-refractivity contribution in [3.05, 3.63) is 22.2 Å². The minimum atomic E-state index is 0.372. The molecule has 1 heterocycles. The van der Waals surface area contributed by atoms with E-state index >= 15 is 0 Å². The Morgan fingerprint density at radius 3 is 2.38 bits per heavy atom. The normalized spacial score (nSPS) is 17.8. The number of rotatable bonds is 1. The van der Waals surface area contributed by atoms with Gasteiger partial charge in [0.25, 0.3) is 0 Å². The van der Waals surface area contributed by atoms with Gasteiger partial charge in [0, 0.05) is 30.7 Å². The van der Waals surface area contributed by atoms with Crippen molar-refractivity contribution < 1.29 is 5.11 Å². The molecule has 1 aliphatic heterocycles. The van der Waals surface area contributed by atoms with Gasteiger partial charge in [0.1, 0.15) is 5.75 Å². The van der Waals surface area contributed by atoms with E-state index in [2.05, 4.69) is 32.8 Å². The third-order valence-electron chi connectivity index (χ3n) is 3.06. The number of piperazine rings is 1. The fraction of sp³-hybridized carbons (Fsp3) is 0.500. The number of hydrogen-bond acceptors (Lipinski definition) is 3. The lowest BCUT2D eigenvalue weighted by atomic mass is 10.1. The Bertz CT molecular complexity index is 364. The molecule has 0 unspecified atom stereocenters. The number of likely N-dealkylation sites (N-methyl/N-ethyl adjacent to an activating group) is 1. The molecule has 0 bridgehead atoms. The van der Waals surface area contributed by atoms with Crippen LogP contribution in [0.3, 0.4) is 0 Å². The molecule has 1 saturated heterocycles. The molecule has 1 N–H and O–H groups in total. The Hall–Kier alpha value is -0.740. The summed E-state index contributed by atoms with van der Waals surface area (Å²) in [5, 5.41) is 10.0. The van der Waals surface area contributed by atoms with E-state index in [9.17, 15) is 5.11 Å². The fourth-order valence-electron chi connectivity index (χ4n) is 2.16. The zero-order valence-electron chi connectivity index (χ0n) is 9.70. The van der Waals surface area contributed by atoms with Crippen LogP contribution < -0.4 is 4.90 Å². The van der Waals surface area contributed by atoms with Crippen molar-refractivity contribution in [2.45, 2.75) is 6.92 Å². The molecule has 1 fully saturated rings. The van der Waals surface area contributed by atoms with E-state index in [-0.39, 0.29) is 0 Å². The molecular formula is C12H17BrN2O. The van der Waals surface area contributed by atoms with Gasteiger partial charge in [-0.25, -0.2) is 0 Å². The highest BCUT2D eigenvalue weighted by atomic mass is 79.9. The van der Waals surface area contributed by atoms with Gasteiger partial charge >= 0.3 is 0 Å². The van der Waals surface area contributed by atoms with E-state index in [0.29, 0.717) is 5.75 Å². The lowest BCUT2D eigenvalue weighted by Crippen LogP contribution is -2.44. The predicted octanol–water partition coefficient (Wildman–Crippen LogP) is 2.21. The summed E-state index contributed by atoms with van der Waals surface area (Å²) in [4.78, 5) is 4.57. The zero-order chi connectivity index (χ0) is 11.7. The Morgan fingerprint density at radius 2 is 1.81 bits per heavy atom. The topological polar surface area (TPSA) is 26.7 Å². The first-order valence-corrected chi connectivity index (χ1v) is 6.30. The number of phenols is 1. The van der Waals surface area contributed by atoms with Crippen LogP contribution in [0.15, 0.2) is 16.6 Å². The first-order chi connectivity index (χ1) is 7.58. The summed E-state index contributed by atoms with van der Waals surface area (Å²) < 4.78 is 0.931. The Balaban J connectivity index is 2.26. The molecule has 2 rings (SSSR count). The summed E-state index contributed by atoms with van der Waals surface area (Å²) in [5.41, 5.74) is 2.10. The van der Waals surface area contributed by atoms with Crippen molar-refractivity contribution in [3.8, 4) is 5.75 Å². The molecule has 0 spiro atoms. The summed E-state index contributed by atoms with van der Waals surface area (Å²) in [6.07, 6.45) is 0. The molecule has 88 valence electrons. The third kappa shape index (κ3) is 2.33. The van der Waals surface area contributed by atoms with Crippen LogP contribution in [0.1, 0.15) is 5.56 Å². The maximum atomic E-state index is 10.0. The average Bonchev–Trinajstić information content (AvgIpc) is 2.19. The Labute approximate surface area is 105 Å². The summed E-state index contributed by atoms with van der Waals surface area (Å²) in [5.74, 6) is 0.372. The molecule has 1 aliphatic rings. The molecule has 4 heteroatoms. The van der Waals surface area contributed by atoms with Gasteiger partial charge in [-0.05, 0) is 31.7 Å². The largest absolute Gasteiger partial charge is 0.506 e. The average molecular weight is 285 g/mol. The molecule has 1 aromatic carbocycles. The number of benzene rings is 1. The second kappa shape index (κ2) is 4.63. The summed E-state index contributed by atoms with van der Waals surface area (Å²) >= 11 is 3.39. The number of aromatic hydroxyl groups is 1. The number of hydrogen-bond donors (Lipinski definition) is 1. The predicted molar refractivity (Wildman–Crippen MR) is 70.3 cm³/mol. The fourth-order valence-corrected chi connectivity index (χ4v) is 2.72. The summed E-state index contributed by atoms with van der Waals surface area (Å²) in [7, 11) is 2.13. The Kier molecular flexibility index (Phi) is 3.40. The van der Waals surface area contributed by atoms with Gasteiger partial charge in [0.2, 0.25) is 0 Å². The lowest BCUT2D eigenvalue weighted by molar-refractivity contribution is 0.311. The molecule has 3 nitrogen and oxygen atoms in total. The van der Waals surface area contributed by atoms with E-state index in [0.717, 1.165) is 41.9 Å². The highest BCUT2D eigenvalue weighted by Gasteiger charge is 2.19. The van der Waals surface area contributed by atoms with Crippen LogP contribution in [0.5, 0.6) is 5.75 Å². The number of aryl methyl sites for hydroxylation is 1. The van der Waals surface area contributed by atoms with Crippen LogP contribution in [0, 0.1) is 6.92 Å². The van der Waals surface area contributed by atoms with Crippen LogP contribution in [-0.2, 0) is 0 Å². The van der Waals surface area contributed by atoms with Gasteiger partial charge in [-0.2, -0.15) is 0 Å². The maximum absolute atomic E-state index is 10.0. The monoisotopic (exact) mass is 284 g/mol. The SMILES string of the molecule is Cc1cc(Br)cc(O)c1N1CCN(C)CC1. The van der Waals surface area contributed by atoms with E-state index in [1.165, 1.54) is 0 Å².